The minimum absolute atomic E-state index is 0.533. The van der Waals surface area contributed by atoms with Gasteiger partial charge in [-0.2, -0.15) is 4.37 Å². The Morgan fingerprint density at radius 2 is 2.00 bits per heavy atom. The highest BCUT2D eigenvalue weighted by Crippen LogP contribution is 2.36. The summed E-state index contributed by atoms with van der Waals surface area (Å²) < 4.78 is 4.24. The number of nitrogens with two attached hydrogens (primary N) is 1. The summed E-state index contributed by atoms with van der Waals surface area (Å²) in [6.07, 6.45) is 3.50. The highest BCUT2D eigenvalue weighted by atomic mass is 32.1. The second-order valence-electron chi connectivity index (χ2n) is 4.63. The number of hydrogen-bond acceptors (Lipinski definition) is 6. The number of pyridine rings is 2. The van der Waals surface area contributed by atoms with E-state index >= 15 is 0 Å². The first-order valence-corrected chi connectivity index (χ1v) is 7.33. The summed E-state index contributed by atoms with van der Waals surface area (Å²) in [5.41, 5.74) is 9.92. The van der Waals surface area contributed by atoms with E-state index in [0.29, 0.717) is 12.4 Å². The molecule has 21 heavy (non-hydrogen) atoms. The molecule has 0 aromatic carbocycles. The van der Waals surface area contributed by atoms with Crippen LogP contribution in [0.3, 0.4) is 0 Å². The van der Waals surface area contributed by atoms with Crippen molar-refractivity contribution in [1.82, 2.24) is 14.3 Å². The number of nitrogens with zero attached hydrogens (tertiary/aromatic N) is 3. The van der Waals surface area contributed by atoms with Crippen molar-refractivity contribution in [3.8, 4) is 11.1 Å². The molecular weight excluding hydrogens is 282 g/mol. The van der Waals surface area contributed by atoms with Crippen LogP contribution in [0.1, 0.15) is 11.4 Å². The number of aromatic nitrogens is 3. The Bertz CT molecular complexity index is 739. The first-order chi connectivity index (χ1) is 10.2. The van der Waals surface area contributed by atoms with Crippen molar-refractivity contribution in [3.05, 3.63) is 54.1 Å². The van der Waals surface area contributed by atoms with Crippen molar-refractivity contribution < 1.29 is 0 Å². The minimum atomic E-state index is 0.533. The highest BCUT2D eigenvalue weighted by Gasteiger charge is 2.13. The molecule has 5 nitrogen and oxygen atoms in total. The Hall–Kier alpha value is -2.47. The van der Waals surface area contributed by atoms with E-state index in [0.717, 1.165) is 27.5 Å². The van der Waals surface area contributed by atoms with E-state index in [2.05, 4.69) is 19.7 Å². The van der Waals surface area contributed by atoms with Gasteiger partial charge in [0.25, 0.3) is 0 Å². The Morgan fingerprint density at radius 1 is 1.19 bits per heavy atom. The van der Waals surface area contributed by atoms with Crippen LogP contribution in [0, 0.1) is 6.92 Å². The van der Waals surface area contributed by atoms with Crippen molar-refractivity contribution >= 4 is 22.4 Å². The Morgan fingerprint density at radius 3 is 2.76 bits per heavy atom. The molecule has 3 N–H and O–H groups in total. The molecule has 0 aliphatic carbocycles. The van der Waals surface area contributed by atoms with Gasteiger partial charge < -0.3 is 11.1 Å². The molecule has 3 heterocycles. The zero-order valence-electron chi connectivity index (χ0n) is 11.6. The fourth-order valence-electron chi connectivity index (χ4n) is 2.09. The van der Waals surface area contributed by atoms with Gasteiger partial charge >= 0.3 is 0 Å². The molecule has 0 saturated carbocycles. The van der Waals surface area contributed by atoms with E-state index in [1.165, 1.54) is 11.5 Å². The molecule has 3 aromatic heterocycles. The number of hydrogen-bond donors (Lipinski definition) is 2. The van der Waals surface area contributed by atoms with Gasteiger partial charge in [-0.1, -0.05) is 6.07 Å². The van der Waals surface area contributed by atoms with Gasteiger partial charge in [0.15, 0.2) is 0 Å². The van der Waals surface area contributed by atoms with Crippen LogP contribution in [0.4, 0.5) is 10.8 Å². The van der Waals surface area contributed by atoms with Gasteiger partial charge in [-0.3, -0.25) is 9.97 Å². The molecule has 0 aliphatic rings. The van der Waals surface area contributed by atoms with Crippen LogP contribution >= 0.6 is 11.5 Å². The monoisotopic (exact) mass is 297 g/mol. The number of nitrogen functional groups attached to an aromatic ring is 1. The molecule has 0 saturated heterocycles. The normalized spacial score (nSPS) is 10.5. The summed E-state index contributed by atoms with van der Waals surface area (Å²) in [4.78, 5) is 8.51. The number of aryl methyl sites for hydroxylation is 1. The molecule has 0 unspecified atom stereocenters. The third-order valence-corrected chi connectivity index (χ3v) is 3.88. The summed E-state index contributed by atoms with van der Waals surface area (Å²) in [5.74, 6) is 0.533. The van der Waals surface area contributed by atoms with Crippen LogP contribution in [-0.2, 0) is 6.54 Å². The lowest BCUT2D eigenvalue weighted by atomic mass is 10.1. The van der Waals surface area contributed by atoms with E-state index in [1.807, 2.05) is 37.3 Å². The smallest absolute Gasteiger partial charge is 0.147 e. The molecule has 0 fully saturated rings. The summed E-state index contributed by atoms with van der Waals surface area (Å²) in [6, 6.07) is 9.84. The number of anilines is 2. The van der Waals surface area contributed by atoms with Gasteiger partial charge in [0.05, 0.1) is 17.8 Å². The molecule has 0 atom stereocenters. The fraction of sp³-hybridized carbons (Fsp3) is 0.133. The Balaban J connectivity index is 1.84. The largest absolute Gasteiger partial charge is 0.382 e. The third kappa shape index (κ3) is 3.00. The van der Waals surface area contributed by atoms with Crippen LogP contribution in [0.15, 0.2) is 42.7 Å². The quantitative estimate of drug-likeness (QED) is 0.774. The van der Waals surface area contributed by atoms with Crippen LogP contribution in [0.5, 0.6) is 0 Å². The van der Waals surface area contributed by atoms with Crippen molar-refractivity contribution in [2.75, 3.05) is 11.1 Å². The Kier molecular flexibility index (Phi) is 3.79. The van der Waals surface area contributed by atoms with Gasteiger partial charge in [-0.05, 0) is 48.3 Å². The van der Waals surface area contributed by atoms with Gasteiger partial charge in [-0.15, -0.1) is 0 Å². The van der Waals surface area contributed by atoms with E-state index in [4.69, 9.17) is 5.73 Å². The first-order valence-electron chi connectivity index (χ1n) is 6.56. The number of rotatable bonds is 4. The number of nitrogens with one attached hydrogen (secondary N) is 1. The van der Waals surface area contributed by atoms with Crippen molar-refractivity contribution in [1.29, 1.82) is 0 Å². The van der Waals surface area contributed by atoms with Gasteiger partial charge in [0.1, 0.15) is 10.8 Å². The van der Waals surface area contributed by atoms with Crippen LogP contribution in [-0.4, -0.2) is 14.3 Å². The van der Waals surface area contributed by atoms with Gasteiger partial charge in [0.2, 0.25) is 0 Å². The topological polar surface area (TPSA) is 76.7 Å². The zero-order chi connectivity index (χ0) is 14.7. The maximum atomic E-state index is 5.99. The van der Waals surface area contributed by atoms with Gasteiger partial charge in [0, 0.05) is 18.1 Å². The third-order valence-electron chi connectivity index (χ3n) is 3.06. The summed E-state index contributed by atoms with van der Waals surface area (Å²) >= 11 is 1.36. The van der Waals surface area contributed by atoms with E-state index in [1.54, 1.807) is 12.4 Å². The minimum Gasteiger partial charge on any atom is -0.382 e. The summed E-state index contributed by atoms with van der Waals surface area (Å²) in [5, 5.41) is 4.32. The molecule has 0 aliphatic heterocycles. The van der Waals surface area contributed by atoms with Crippen molar-refractivity contribution in [3.63, 3.8) is 0 Å². The lowest BCUT2D eigenvalue weighted by Gasteiger charge is -2.07. The summed E-state index contributed by atoms with van der Waals surface area (Å²) in [7, 11) is 0. The zero-order valence-corrected chi connectivity index (χ0v) is 12.4. The second kappa shape index (κ2) is 5.88. The average Bonchev–Trinajstić information content (AvgIpc) is 2.87. The SMILES string of the molecule is Cc1cccc(CNc2snc(N)c2-c2ccncc2)n1. The molecule has 0 bridgehead atoms. The van der Waals surface area contributed by atoms with Crippen molar-refractivity contribution in [2.45, 2.75) is 13.5 Å². The maximum Gasteiger partial charge on any atom is 0.147 e. The van der Waals surface area contributed by atoms with Crippen LogP contribution in [0.25, 0.3) is 11.1 Å². The average molecular weight is 297 g/mol. The molecular formula is C15H15N5S. The second-order valence-corrected chi connectivity index (χ2v) is 5.41. The fourth-order valence-corrected chi connectivity index (χ4v) is 2.82. The molecule has 3 rings (SSSR count). The maximum absolute atomic E-state index is 5.99. The van der Waals surface area contributed by atoms with Crippen LogP contribution < -0.4 is 11.1 Å². The molecule has 0 amide bonds. The molecule has 0 radical (unpaired) electrons. The molecule has 6 heteroatoms. The van der Waals surface area contributed by atoms with E-state index in [-0.39, 0.29) is 0 Å². The Labute approximate surface area is 127 Å². The van der Waals surface area contributed by atoms with Gasteiger partial charge in [-0.25, -0.2) is 0 Å². The predicted molar refractivity (Wildman–Crippen MR) is 86.1 cm³/mol. The standard InChI is InChI=1S/C15H15N5S/c1-10-3-2-4-12(19-10)9-18-15-13(14(16)20-21-15)11-5-7-17-8-6-11/h2-8,18H,9H2,1H3,(H2,16,20). The molecule has 3 aromatic rings. The molecule has 0 spiro atoms. The van der Waals surface area contributed by atoms with Crippen LogP contribution in [0.2, 0.25) is 0 Å². The van der Waals surface area contributed by atoms with E-state index in [9.17, 15) is 0 Å². The summed E-state index contributed by atoms with van der Waals surface area (Å²) in [6.45, 7) is 2.62. The first kappa shape index (κ1) is 13.5. The molecule has 106 valence electrons. The van der Waals surface area contributed by atoms with E-state index < -0.39 is 0 Å². The predicted octanol–water partition coefficient (Wildman–Crippen LogP) is 3.10. The lowest BCUT2D eigenvalue weighted by molar-refractivity contribution is 1.02. The van der Waals surface area contributed by atoms with Crippen molar-refractivity contribution in [2.24, 2.45) is 0 Å². The lowest BCUT2D eigenvalue weighted by Crippen LogP contribution is -2.02. The highest BCUT2D eigenvalue weighted by molar-refractivity contribution is 7.11.